The van der Waals surface area contributed by atoms with Crippen molar-refractivity contribution in [3.63, 3.8) is 0 Å². The number of carbonyl (C=O) groups excluding carboxylic acids is 1. The van der Waals surface area contributed by atoms with Gasteiger partial charge in [-0.3, -0.25) is 4.79 Å². The van der Waals surface area contributed by atoms with E-state index in [-0.39, 0.29) is 43.1 Å². The van der Waals surface area contributed by atoms with Gasteiger partial charge in [0.1, 0.15) is 11.4 Å². The monoisotopic (exact) mass is 255 g/mol. The molecule has 1 aliphatic rings. The zero-order valence-electron chi connectivity index (χ0n) is 10.2. The molecule has 98 valence electrons. The second kappa shape index (κ2) is 5.00. The number of ether oxygens (including phenoxy) is 1. The van der Waals surface area contributed by atoms with Crippen molar-refractivity contribution >= 4 is 5.78 Å². The van der Waals surface area contributed by atoms with Crippen LogP contribution in [0.3, 0.4) is 0 Å². The molecule has 5 heteroatoms. The van der Waals surface area contributed by atoms with E-state index < -0.39 is 5.92 Å². The van der Waals surface area contributed by atoms with Crippen LogP contribution in [-0.2, 0) is 0 Å². The van der Waals surface area contributed by atoms with Gasteiger partial charge in [-0.2, -0.15) is 0 Å². The molecule has 1 heterocycles. The number of methoxy groups -OCH3 is 1. The molecular formula is C13H15F2NO2. The van der Waals surface area contributed by atoms with Crippen molar-refractivity contribution in [3.8, 4) is 5.75 Å². The van der Waals surface area contributed by atoms with Gasteiger partial charge < -0.3 is 4.74 Å². The molecule has 0 spiro atoms. The molecule has 0 aromatic carbocycles. The SMILES string of the molecule is COc1cccnc1C(=O)C1CCC(F)(F)CC1. The van der Waals surface area contributed by atoms with Crippen LogP contribution in [0.2, 0.25) is 0 Å². The topological polar surface area (TPSA) is 39.2 Å². The Morgan fingerprint density at radius 1 is 1.44 bits per heavy atom. The van der Waals surface area contributed by atoms with E-state index in [9.17, 15) is 13.6 Å². The van der Waals surface area contributed by atoms with Crippen molar-refractivity contribution in [3.05, 3.63) is 24.0 Å². The largest absolute Gasteiger partial charge is 0.494 e. The number of aromatic nitrogens is 1. The molecule has 0 radical (unpaired) electrons. The standard InChI is InChI=1S/C13H15F2NO2/c1-18-10-3-2-8-16-11(10)12(17)9-4-6-13(14,15)7-5-9/h2-3,8-9H,4-7H2,1H3. The van der Waals surface area contributed by atoms with Crippen molar-refractivity contribution in [2.45, 2.75) is 31.6 Å². The molecule has 0 N–H and O–H groups in total. The molecule has 18 heavy (non-hydrogen) atoms. The minimum Gasteiger partial charge on any atom is -0.494 e. The Morgan fingerprint density at radius 2 is 2.11 bits per heavy atom. The average Bonchev–Trinajstić information content (AvgIpc) is 2.38. The zero-order valence-corrected chi connectivity index (χ0v) is 10.2. The van der Waals surface area contributed by atoms with E-state index in [0.717, 1.165) is 0 Å². The third-order valence-electron chi connectivity index (χ3n) is 3.31. The summed E-state index contributed by atoms with van der Waals surface area (Å²) in [6.07, 6.45) is 1.49. The second-order valence-electron chi connectivity index (χ2n) is 4.55. The minimum absolute atomic E-state index is 0.192. The summed E-state index contributed by atoms with van der Waals surface area (Å²) in [6.45, 7) is 0. The van der Waals surface area contributed by atoms with Crippen molar-refractivity contribution < 1.29 is 18.3 Å². The summed E-state index contributed by atoms with van der Waals surface area (Å²) in [7, 11) is 1.46. The van der Waals surface area contributed by atoms with E-state index in [2.05, 4.69) is 4.98 Å². The van der Waals surface area contributed by atoms with Gasteiger partial charge in [0.05, 0.1) is 7.11 Å². The van der Waals surface area contributed by atoms with Crippen LogP contribution in [-0.4, -0.2) is 23.8 Å². The molecule has 1 fully saturated rings. The first kappa shape index (κ1) is 12.9. The number of carbonyl (C=O) groups is 1. The molecule has 1 aromatic rings. The van der Waals surface area contributed by atoms with Crippen LogP contribution in [0.1, 0.15) is 36.2 Å². The number of pyridine rings is 1. The van der Waals surface area contributed by atoms with Gasteiger partial charge in [-0.25, -0.2) is 13.8 Å². The quantitative estimate of drug-likeness (QED) is 0.779. The lowest BCUT2D eigenvalue weighted by Crippen LogP contribution is -2.29. The van der Waals surface area contributed by atoms with Crippen LogP contribution < -0.4 is 4.74 Å². The number of alkyl halides is 2. The van der Waals surface area contributed by atoms with Gasteiger partial charge in [-0.15, -0.1) is 0 Å². The number of Topliss-reactive ketones (excluding diaryl/α,β-unsaturated/α-hetero) is 1. The number of nitrogens with zero attached hydrogens (tertiary/aromatic N) is 1. The van der Waals surface area contributed by atoms with Crippen molar-refractivity contribution in [2.24, 2.45) is 5.92 Å². The second-order valence-corrected chi connectivity index (χ2v) is 4.55. The predicted molar refractivity (Wildman–Crippen MR) is 62.0 cm³/mol. The highest BCUT2D eigenvalue weighted by Crippen LogP contribution is 2.37. The smallest absolute Gasteiger partial charge is 0.248 e. The summed E-state index contributed by atoms with van der Waals surface area (Å²) in [5, 5.41) is 0. The van der Waals surface area contributed by atoms with Crippen LogP contribution in [0.4, 0.5) is 8.78 Å². The summed E-state index contributed by atoms with van der Waals surface area (Å²) in [5.41, 5.74) is 0.246. The minimum atomic E-state index is -2.62. The van der Waals surface area contributed by atoms with E-state index in [0.29, 0.717) is 5.75 Å². The number of hydrogen-bond donors (Lipinski definition) is 0. The maximum Gasteiger partial charge on any atom is 0.248 e. The molecule has 0 atom stereocenters. The van der Waals surface area contributed by atoms with Gasteiger partial charge in [0.15, 0.2) is 5.78 Å². The molecule has 0 bridgehead atoms. The van der Waals surface area contributed by atoms with Crippen molar-refractivity contribution in [1.29, 1.82) is 0 Å². The van der Waals surface area contributed by atoms with Crippen LogP contribution in [0.15, 0.2) is 18.3 Å². The first-order valence-corrected chi connectivity index (χ1v) is 5.94. The summed E-state index contributed by atoms with van der Waals surface area (Å²) < 4.78 is 31.1. The fraction of sp³-hybridized carbons (Fsp3) is 0.538. The number of halogens is 2. The van der Waals surface area contributed by atoms with Gasteiger partial charge in [-0.1, -0.05) is 0 Å². The molecule has 0 saturated heterocycles. The number of ketones is 1. The van der Waals surface area contributed by atoms with E-state index in [1.807, 2.05) is 0 Å². The average molecular weight is 255 g/mol. The zero-order chi connectivity index (χ0) is 13.2. The fourth-order valence-electron chi connectivity index (χ4n) is 2.24. The fourth-order valence-corrected chi connectivity index (χ4v) is 2.24. The Hall–Kier alpha value is -1.52. The number of hydrogen-bond acceptors (Lipinski definition) is 3. The van der Waals surface area contributed by atoms with Gasteiger partial charge >= 0.3 is 0 Å². The highest BCUT2D eigenvalue weighted by atomic mass is 19.3. The summed E-state index contributed by atoms with van der Waals surface area (Å²) in [5.74, 6) is -2.78. The van der Waals surface area contributed by atoms with Gasteiger partial charge in [-0.05, 0) is 25.0 Å². The molecule has 2 rings (SSSR count). The Labute approximate surface area is 104 Å². The number of rotatable bonds is 3. The van der Waals surface area contributed by atoms with E-state index in [1.165, 1.54) is 13.3 Å². The van der Waals surface area contributed by atoms with Crippen LogP contribution in [0.25, 0.3) is 0 Å². The van der Waals surface area contributed by atoms with Gasteiger partial charge in [0, 0.05) is 25.0 Å². The highest BCUT2D eigenvalue weighted by molar-refractivity contribution is 5.98. The molecular weight excluding hydrogens is 240 g/mol. The molecule has 1 aliphatic carbocycles. The predicted octanol–water partition coefficient (Wildman–Crippen LogP) is 3.10. The van der Waals surface area contributed by atoms with Crippen molar-refractivity contribution in [2.75, 3.05) is 7.11 Å². The van der Waals surface area contributed by atoms with Crippen LogP contribution in [0.5, 0.6) is 5.75 Å². The lowest BCUT2D eigenvalue weighted by molar-refractivity contribution is -0.0424. The van der Waals surface area contributed by atoms with Gasteiger partial charge in [0.25, 0.3) is 0 Å². The van der Waals surface area contributed by atoms with Crippen molar-refractivity contribution in [1.82, 2.24) is 4.98 Å². The maximum absolute atomic E-state index is 13.0. The molecule has 0 amide bonds. The third-order valence-corrected chi connectivity index (χ3v) is 3.31. The summed E-state index contributed by atoms with van der Waals surface area (Å²) >= 11 is 0. The third kappa shape index (κ3) is 2.66. The van der Waals surface area contributed by atoms with Crippen LogP contribution in [0, 0.1) is 5.92 Å². The van der Waals surface area contributed by atoms with Gasteiger partial charge in [0.2, 0.25) is 5.92 Å². The molecule has 1 saturated carbocycles. The van der Waals surface area contributed by atoms with E-state index in [1.54, 1.807) is 12.1 Å². The molecule has 0 aliphatic heterocycles. The summed E-state index contributed by atoms with van der Waals surface area (Å²) in [4.78, 5) is 16.2. The normalized spacial score (nSPS) is 19.5. The first-order chi connectivity index (χ1) is 8.53. The van der Waals surface area contributed by atoms with E-state index >= 15 is 0 Å². The highest BCUT2D eigenvalue weighted by Gasteiger charge is 2.38. The Bertz CT molecular complexity index is 438. The summed E-state index contributed by atoms with van der Waals surface area (Å²) in [6, 6.07) is 3.32. The lowest BCUT2D eigenvalue weighted by Gasteiger charge is -2.27. The van der Waals surface area contributed by atoms with Crippen LogP contribution >= 0.6 is 0 Å². The molecule has 3 nitrogen and oxygen atoms in total. The van der Waals surface area contributed by atoms with E-state index in [4.69, 9.17) is 4.74 Å². The Kier molecular flexibility index (Phi) is 3.59. The Balaban J connectivity index is 2.13. The molecule has 1 aromatic heterocycles. The maximum atomic E-state index is 13.0. The Morgan fingerprint density at radius 3 is 2.72 bits per heavy atom. The first-order valence-electron chi connectivity index (χ1n) is 5.94. The lowest BCUT2D eigenvalue weighted by atomic mass is 9.83. The molecule has 0 unspecified atom stereocenters.